The third kappa shape index (κ3) is 5.75. The van der Waals surface area contributed by atoms with Crippen molar-refractivity contribution < 1.29 is 4.57 Å². The lowest BCUT2D eigenvalue weighted by Crippen LogP contribution is -2.56. The summed E-state index contributed by atoms with van der Waals surface area (Å²) in [5, 5.41) is 5.07. The first kappa shape index (κ1) is 31.6. The molecule has 246 valence electrons. The Morgan fingerprint density at radius 1 is 0.640 bits per heavy atom. The van der Waals surface area contributed by atoms with Crippen LogP contribution < -0.4 is 4.57 Å². The van der Waals surface area contributed by atoms with Crippen molar-refractivity contribution in [1.29, 1.82) is 0 Å². The number of nitrogens with zero attached hydrogens (tertiary/aromatic N) is 4. The van der Waals surface area contributed by atoms with Crippen molar-refractivity contribution in [2.75, 3.05) is 0 Å². The van der Waals surface area contributed by atoms with E-state index in [1.807, 2.05) is 12.1 Å². The van der Waals surface area contributed by atoms with Crippen molar-refractivity contribution in [2.24, 2.45) is 0 Å². The van der Waals surface area contributed by atoms with Crippen LogP contribution in [0.2, 0.25) is 0 Å². The molecular formula is C46H43N4+. The lowest BCUT2D eigenvalue weighted by molar-refractivity contribution is -0.757. The van der Waals surface area contributed by atoms with E-state index in [4.69, 9.17) is 10.1 Å². The van der Waals surface area contributed by atoms with Crippen LogP contribution in [0.25, 0.3) is 61.7 Å². The van der Waals surface area contributed by atoms with Crippen molar-refractivity contribution in [2.45, 2.75) is 58.9 Å². The Balaban J connectivity index is 1.19. The number of rotatable bonds is 7. The molecule has 0 saturated heterocycles. The van der Waals surface area contributed by atoms with Crippen LogP contribution in [0, 0.1) is 13.8 Å². The van der Waals surface area contributed by atoms with Gasteiger partial charge in [-0.2, -0.15) is 9.67 Å². The van der Waals surface area contributed by atoms with E-state index in [1.165, 1.54) is 22.4 Å². The zero-order chi connectivity index (χ0) is 34.2. The van der Waals surface area contributed by atoms with E-state index in [0.717, 1.165) is 81.8 Å². The number of hydrogen-bond acceptors (Lipinski definition) is 2. The maximum Gasteiger partial charge on any atom is 0.213 e. The van der Waals surface area contributed by atoms with Crippen molar-refractivity contribution in [3.63, 3.8) is 0 Å². The molecule has 7 aromatic rings. The first-order chi connectivity index (χ1) is 24.4. The predicted octanol–water partition coefficient (Wildman–Crippen LogP) is 11.0. The van der Waals surface area contributed by atoms with E-state index < -0.39 is 0 Å². The van der Waals surface area contributed by atoms with Crippen LogP contribution >= 0.6 is 0 Å². The summed E-state index contributed by atoms with van der Waals surface area (Å²) in [6.07, 6.45) is 8.96. The van der Waals surface area contributed by atoms with Gasteiger partial charge in [0.05, 0.1) is 28.3 Å². The van der Waals surface area contributed by atoms with Gasteiger partial charge < -0.3 is 0 Å². The van der Waals surface area contributed by atoms with E-state index in [1.54, 1.807) is 0 Å². The largest absolute Gasteiger partial charge is 0.248 e. The molecule has 0 spiro atoms. The highest BCUT2D eigenvalue weighted by Crippen LogP contribution is 2.37. The molecule has 50 heavy (non-hydrogen) atoms. The maximum atomic E-state index is 5.09. The summed E-state index contributed by atoms with van der Waals surface area (Å²) < 4.78 is 4.62. The van der Waals surface area contributed by atoms with Crippen LogP contribution in [0.1, 0.15) is 49.9 Å². The summed E-state index contributed by atoms with van der Waals surface area (Å²) in [5.74, 6) is 0. The molecule has 3 aromatic heterocycles. The van der Waals surface area contributed by atoms with Crippen LogP contribution in [0.3, 0.4) is 0 Å². The molecule has 0 atom stereocenters. The molecule has 0 unspecified atom stereocenters. The summed E-state index contributed by atoms with van der Waals surface area (Å²) in [4.78, 5) is 5.09. The number of pyridine rings is 2. The zero-order valence-electron chi connectivity index (χ0n) is 29.4. The summed E-state index contributed by atoms with van der Waals surface area (Å²) in [6, 6.07) is 45.6. The molecule has 4 nitrogen and oxygen atoms in total. The van der Waals surface area contributed by atoms with E-state index in [-0.39, 0.29) is 5.54 Å². The summed E-state index contributed by atoms with van der Waals surface area (Å²) >= 11 is 0. The first-order valence-electron chi connectivity index (χ1n) is 17.9. The maximum absolute atomic E-state index is 5.09. The highest BCUT2D eigenvalue weighted by atomic mass is 15.3. The van der Waals surface area contributed by atoms with Gasteiger partial charge in [0, 0.05) is 54.3 Å². The molecule has 4 heteroatoms. The normalized spacial score (nSPS) is 13.4. The standard InChI is InChI=1S/C46H43N4/c1-5-46(6-2)24-22-34-20-21-40(30-41(34)45-26-32(3)23-25-49(45)46)50-31-42(33(4)48-50)38-19-13-18-37(27-38)39-28-43(35-14-9-7-10-15-35)47-44(29-39)36-16-11-8-12-17-36/h7-21,23,25-31H,5-6,22,24H2,1-4H3/q+1. The number of fused-ring (bicyclic) bond motifs is 3. The van der Waals surface area contributed by atoms with Gasteiger partial charge in [-0.25, -0.2) is 9.67 Å². The molecule has 0 amide bonds. The molecule has 0 aliphatic carbocycles. The fraction of sp³-hybridized carbons (Fsp3) is 0.196. The van der Waals surface area contributed by atoms with Crippen molar-refractivity contribution >= 4 is 0 Å². The Kier molecular flexibility index (Phi) is 8.24. The second kappa shape index (κ2) is 13.0. The monoisotopic (exact) mass is 651 g/mol. The third-order valence-electron chi connectivity index (χ3n) is 10.8. The van der Waals surface area contributed by atoms with Gasteiger partial charge in [-0.15, -0.1) is 0 Å². The van der Waals surface area contributed by atoms with Gasteiger partial charge in [0.25, 0.3) is 0 Å². The smallest absolute Gasteiger partial charge is 0.213 e. The van der Waals surface area contributed by atoms with Crippen molar-refractivity contribution in [3.8, 4) is 61.7 Å². The fourth-order valence-electron chi connectivity index (χ4n) is 7.78. The summed E-state index contributed by atoms with van der Waals surface area (Å²) in [5.41, 5.74) is 16.2. The summed E-state index contributed by atoms with van der Waals surface area (Å²) in [7, 11) is 0. The zero-order valence-corrected chi connectivity index (χ0v) is 29.4. The minimum absolute atomic E-state index is 0.126. The van der Waals surface area contributed by atoms with Gasteiger partial charge in [-0.05, 0) is 78.4 Å². The SMILES string of the molecule is CCC1(CC)CCc2ccc(-n3cc(-c4cccc(-c5cc(-c6ccccc6)nc(-c6ccccc6)c5)c4)c(C)n3)cc2-c2cc(C)cc[n+]21. The van der Waals surface area contributed by atoms with Crippen molar-refractivity contribution in [3.05, 3.63) is 157 Å². The van der Waals surface area contributed by atoms with Gasteiger partial charge in [0.1, 0.15) is 0 Å². The van der Waals surface area contributed by atoms with Gasteiger partial charge in [0.2, 0.25) is 5.69 Å². The van der Waals surface area contributed by atoms with Gasteiger partial charge >= 0.3 is 0 Å². The van der Waals surface area contributed by atoms with Gasteiger partial charge in [-0.3, -0.25) is 0 Å². The molecule has 0 bridgehead atoms. The molecule has 8 rings (SSSR count). The molecule has 0 radical (unpaired) electrons. The lowest BCUT2D eigenvalue weighted by atomic mass is 9.86. The van der Waals surface area contributed by atoms with E-state index >= 15 is 0 Å². The van der Waals surface area contributed by atoms with E-state index in [9.17, 15) is 0 Å². The Morgan fingerprint density at radius 2 is 1.30 bits per heavy atom. The summed E-state index contributed by atoms with van der Waals surface area (Å²) in [6.45, 7) is 8.98. The topological polar surface area (TPSA) is 34.6 Å². The van der Waals surface area contributed by atoms with Crippen LogP contribution in [0.15, 0.2) is 140 Å². The number of aromatic nitrogens is 4. The van der Waals surface area contributed by atoms with Crippen LogP contribution in [-0.4, -0.2) is 14.8 Å². The number of hydrogen-bond donors (Lipinski definition) is 0. The predicted molar refractivity (Wildman–Crippen MR) is 205 cm³/mol. The molecule has 4 aromatic carbocycles. The Labute approximate surface area is 295 Å². The van der Waals surface area contributed by atoms with Crippen LogP contribution in [0.4, 0.5) is 0 Å². The molecule has 0 saturated carbocycles. The Hall–Kier alpha value is -5.61. The first-order valence-corrected chi connectivity index (χ1v) is 17.9. The minimum Gasteiger partial charge on any atom is -0.248 e. The highest BCUT2D eigenvalue weighted by molar-refractivity contribution is 5.80. The second-order valence-corrected chi connectivity index (χ2v) is 13.7. The van der Waals surface area contributed by atoms with Crippen LogP contribution in [-0.2, 0) is 12.0 Å². The average molecular weight is 652 g/mol. The molecule has 4 heterocycles. The molecule has 1 aliphatic heterocycles. The lowest BCUT2D eigenvalue weighted by Gasteiger charge is -2.26. The Morgan fingerprint density at radius 3 is 1.98 bits per heavy atom. The number of benzene rings is 4. The highest BCUT2D eigenvalue weighted by Gasteiger charge is 2.41. The average Bonchev–Trinajstić information content (AvgIpc) is 3.51. The van der Waals surface area contributed by atoms with E-state index in [0.29, 0.717) is 0 Å². The van der Waals surface area contributed by atoms with E-state index in [2.05, 4.69) is 165 Å². The van der Waals surface area contributed by atoms with Crippen LogP contribution in [0.5, 0.6) is 0 Å². The molecule has 1 aliphatic rings. The quantitative estimate of drug-likeness (QED) is 0.161. The van der Waals surface area contributed by atoms with Crippen molar-refractivity contribution in [1.82, 2.24) is 14.8 Å². The Bertz CT molecular complexity index is 2260. The second-order valence-electron chi connectivity index (χ2n) is 13.7. The van der Waals surface area contributed by atoms with Gasteiger partial charge in [-0.1, -0.05) is 98.8 Å². The minimum atomic E-state index is 0.126. The number of aryl methyl sites for hydroxylation is 3. The molecular weight excluding hydrogens is 609 g/mol. The molecule has 0 fully saturated rings. The fourth-order valence-corrected chi connectivity index (χ4v) is 7.78. The third-order valence-corrected chi connectivity index (χ3v) is 10.8. The molecule has 0 N–H and O–H groups in total. The van der Waals surface area contributed by atoms with Gasteiger partial charge in [0.15, 0.2) is 11.7 Å².